The second kappa shape index (κ2) is 8.30. The second-order valence-corrected chi connectivity index (χ2v) is 6.45. The maximum Gasteiger partial charge on any atom is 0.414 e. The van der Waals surface area contributed by atoms with Crippen molar-refractivity contribution in [2.75, 3.05) is 49.1 Å². The highest BCUT2D eigenvalue weighted by Gasteiger charge is 2.33. The van der Waals surface area contributed by atoms with E-state index < -0.39 is 24.0 Å². The largest absolute Gasteiger partial charge is 0.442 e. The molecule has 0 aliphatic carbocycles. The van der Waals surface area contributed by atoms with E-state index in [1.165, 1.54) is 17.9 Å². The number of carbonyl (C=O) groups excluding carboxylic acids is 3. The average Bonchev–Trinajstić information content (AvgIpc) is 2.85. The van der Waals surface area contributed by atoms with E-state index in [4.69, 9.17) is 15.3 Å². The summed E-state index contributed by atoms with van der Waals surface area (Å²) in [7, 11) is 0. The molecule has 11 heteroatoms. The smallest absolute Gasteiger partial charge is 0.414 e. The van der Waals surface area contributed by atoms with Gasteiger partial charge in [-0.15, -0.1) is 0 Å². The Morgan fingerprint density at radius 2 is 2.11 bits per heavy atom. The number of hydrogen-bond donors (Lipinski definition) is 2. The fourth-order valence-corrected chi connectivity index (χ4v) is 3.08. The number of hydrogen-bond acceptors (Lipinski definition) is 6. The molecule has 0 radical (unpaired) electrons. The number of nitrogens with zero attached hydrogens (tertiary/aromatic N) is 3. The van der Waals surface area contributed by atoms with Crippen LogP contribution in [0, 0.1) is 5.82 Å². The van der Waals surface area contributed by atoms with E-state index in [-0.39, 0.29) is 32.1 Å². The molecule has 10 nitrogen and oxygen atoms in total. The number of anilines is 2. The quantitative estimate of drug-likeness (QED) is 0.763. The van der Waals surface area contributed by atoms with E-state index in [0.717, 1.165) is 5.06 Å². The molecule has 4 amide bonds. The molecule has 0 spiro atoms. The first-order chi connectivity index (χ1) is 13.3. The molecule has 2 aliphatic rings. The van der Waals surface area contributed by atoms with Crippen LogP contribution in [0.25, 0.3) is 0 Å². The average molecular weight is 395 g/mol. The van der Waals surface area contributed by atoms with Crippen LogP contribution in [0.2, 0.25) is 0 Å². The van der Waals surface area contributed by atoms with Crippen LogP contribution in [0.4, 0.5) is 25.4 Å². The number of ether oxygens (including phenoxy) is 1. The summed E-state index contributed by atoms with van der Waals surface area (Å²) in [5, 5.41) is 3.63. The molecule has 1 atom stereocenters. The predicted molar refractivity (Wildman–Crippen MR) is 97.2 cm³/mol. The van der Waals surface area contributed by atoms with Gasteiger partial charge in [0.2, 0.25) is 5.91 Å². The number of nitrogens with one attached hydrogen (secondary N) is 1. The van der Waals surface area contributed by atoms with Gasteiger partial charge in [-0.3, -0.25) is 14.5 Å². The first-order valence-corrected chi connectivity index (χ1v) is 8.82. The maximum absolute atomic E-state index is 14.7. The number of amides is 4. The lowest BCUT2D eigenvalue weighted by atomic mass is 10.2. The predicted octanol–water partition coefficient (Wildman–Crippen LogP) is 0.419. The van der Waals surface area contributed by atoms with E-state index >= 15 is 0 Å². The monoisotopic (exact) mass is 395 g/mol. The summed E-state index contributed by atoms with van der Waals surface area (Å²) in [5.41, 5.74) is 5.90. The third-order valence-corrected chi connectivity index (χ3v) is 4.46. The zero-order chi connectivity index (χ0) is 20.3. The highest BCUT2D eigenvalue weighted by atomic mass is 19.1. The molecule has 0 aromatic heterocycles. The minimum atomic E-state index is -0.695. The fourth-order valence-electron chi connectivity index (χ4n) is 3.08. The van der Waals surface area contributed by atoms with Gasteiger partial charge < -0.3 is 20.7 Å². The van der Waals surface area contributed by atoms with Gasteiger partial charge in [-0.05, 0) is 18.2 Å². The van der Waals surface area contributed by atoms with Crippen molar-refractivity contribution in [2.45, 2.75) is 13.0 Å². The van der Waals surface area contributed by atoms with Crippen LogP contribution < -0.4 is 20.9 Å². The number of primary amides is 1. The van der Waals surface area contributed by atoms with Crippen molar-refractivity contribution in [2.24, 2.45) is 5.73 Å². The zero-order valence-electron chi connectivity index (χ0n) is 15.4. The molecular weight excluding hydrogens is 373 g/mol. The summed E-state index contributed by atoms with van der Waals surface area (Å²) in [6, 6.07) is 3.76. The Balaban J connectivity index is 1.68. The third kappa shape index (κ3) is 4.42. The van der Waals surface area contributed by atoms with Gasteiger partial charge in [0.25, 0.3) is 0 Å². The standard InChI is InChI=1S/C17H22FN5O5/c1-11(24)20-9-13-10-22(17(26)28-13)12-2-3-15(14(18)8-12)21-4-5-23(16(19)25)27-7-6-21/h2-3,8,13H,4-7,9-10H2,1H3,(H2,19,25)(H,20,24). The van der Waals surface area contributed by atoms with Crippen LogP contribution >= 0.6 is 0 Å². The highest BCUT2D eigenvalue weighted by Crippen LogP contribution is 2.28. The molecule has 2 saturated heterocycles. The molecule has 2 aliphatic heterocycles. The lowest BCUT2D eigenvalue weighted by Crippen LogP contribution is -2.38. The van der Waals surface area contributed by atoms with Crippen LogP contribution in [0.1, 0.15) is 6.92 Å². The molecule has 2 fully saturated rings. The van der Waals surface area contributed by atoms with Crippen molar-refractivity contribution in [1.29, 1.82) is 0 Å². The van der Waals surface area contributed by atoms with Crippen molar-refractivity contribution in [3.05, 3.63) is 24.0 Å². The van der Waals surface area contributed by atoms with E-state index in [1.807, 2.05) is 0 Å². The molecular formula is C17H22FN5O5. The molecule has 1 unspecified atom stereocenters. The third-order valence-electron chi connectivity index (χ3n) is 4.46. The first kappa shape index (κ1) is 19.7. The Kier molecular flexibility index (Phi) is 5.83. The van der Waals surface area contributed by atoms with Crippen LogP contribution in [0.5, 0.6) is 0 Å². The highest BCUT2D eigenvalue weighted by molar-refractivity contribution is 5.90. The lowest BCUT2D eigenvalue weighted by molar-refractivity contribution is -0.119. The maximum atomic E-state index is 14.7. The summed E-state index contributed by atoms with van der Waals surface area (Å²) in [4.78, 5) is 42.5. The van der Waals surface area contributed by atoms with Crippen LogP contribution in [0.15, 0.2) is 18.2 Å². The number of urea groups is 1. The number of hydroxylamine groups is 2. The Bertz CT molecular complexity index is 776. The van der Waals surface area contributed by atoms with E-state index in [0.29, 0.717) is 24.5 Å². The van der Waals surface area contributed by atoms with Crippen molar-refractivity contribution in [3.8, 4) is 0 Å². The number of carbonyl (C=O) groups is 3. The SMILES string of the molecule is CC(=O)NCC1CN(c2ccc(N3CCON(C(N)=O)CC3)c(F)c2)C(=O)O1. The van der Waals surface area contributed by atoms with Crippen molar-refractivity contribution in [1.82, 2.24) is 10.4 Å². The number of halogens is 1. The van der Waals surface area contributed by atoms with Crippen LogP contribution in [-0.2, 0) is 14.4 Å². The molecule has 3 rings (SSSR count). The Morgan fingerprint density at radius 3 is 2.79 bits per heavy atom. The lowest BCUT2D eigenvalue weighted by Gasteiger charge is -2.23. The summed E-state index contributed by atoms with van der Waals surface area (Å²) in [6.07, 6.45) is -1.09. The molecule has 2 heterocycles. The first-order valence-electron chi connectivity index (χ1n) is 8.82. The summed E-state index contributed by atoms with van der Waals surface area (Å²) in [6.45, 7) is 2.91. The van der Waals surface area contributed by atoms with Crippen molar-refractivity contribution < 1.29 is 28.3 Å². The van der Waals surface area contributed by atoms with Crippen molar-refractivity contribution in [3.63, 3.8) is 0 Å². The van der Waals surface area contributed by atoms with E-state index in [9.17, 15) is 18.8 Å². The molecule has 1 aromatic rings. The fraction of sp³-hybridized carbons (Fsp3) is 0.471. The Morgan fingerprint density at radius 1 is 1.32 bits per heavy atom. The molecule has 0 bridgehead atoms. The van der Waals surface area contributed by atoms with E-state index in [2.05, 4.69) is 5.32 Å². The van der Waals surface area contributed by atoms with Gasteiger partial charge in [0.15, 0.2) is 0 Å². The number of cyclic esters (lactones) is 1. The zero-order valence-corrected chi connectivity index (χ0v) is 15.4. The van der Waals surface area contributed by atoms with Gasteiger partial charge in [0, 0.05) is 20.0 Å². The topological polar surface area (TPSA) is 117 Å². The summed E-state index contributed by atoms with van der Waals surface area (Å²) >= 11 is 0. The molecule has 1 aromatic carbocycles. The van der Waals surface area contributed by atoms with Gasteiger partial charge in [-0.25, -0.2) is 19.0 Å². The van der Waals surface area contributed by atoms with Crippen LogP contribution in [-0.4, -0.2) is 68.5 Å². The van der Waals surface area contributed by atoms with Crippen molar-refractivity contribution >= 4 is 29.4 Å². The number of rotatable bonds is 4. The van der Waals surface area contributed by atoms with Gasteiger partial charge in [0.1, 0.15) is 11.9 Å². The van der Waals surface area contributed by atoms with Crippen LogP contribution in [0.3, 0.4) is 0 Å². The second-order valence-electron chi connectivity index (χ2n) is 6.45. The summed E-state index contributed by atoms with van der Waals surface area (Å²) < 4.78 is 19.9. The Labute approximate surface area is 160 Å². The number of benzene rings is 1. The minimum Gasteiger partial charge on any atom is -0.442 e. The van der Waals surface area contributed by atoms with Gasteiger partial charge >= 0.3 is 12.1 Å². The molecule has 152 valence electrons. The van der Waals surface area contributed by atoms with Gasteiger partial charge in [-0.1, -0.05) is 0 Å². The number of nitrogens with two attached hydrogens (primary N) is 1. The molecule has 3 N–H and O–H groups in total. The van der Waals surface area contributed by atoms with Gasteiger partial charge in [-0.2, -0.15) is 0 Å². The normalized spacial score (nSPS) is 20.0. The molecule has 0 saturated carbocycles. The summed E-state index contributed by atoms with van der Waals surface area (Å²) in [5.74, 6) is -0.732. The van der Waals surface area contributed by atoms with E-state index in [1.54, 1.807) is 17.0 Å². The Hall–Kier alpha value is -3.08. The minimum absolute atomic E-state index is 0.188. The molecule has 28 heavy (non-hydrogen) atoms. The van der Waals surface area contributed by atoms with Gasteiger partial charge in [0.05, 0.1) is 37.6 Å².